The second-order valence-electron chi connectivity index (χ2n) is 6.05. The Morgan fingerprint density at radius 3 is 2.54 bits per heavy atom. The molecule has 3 N–H and O–H groups in total. The van der Waals surface area contributed by atoms with Crippen molar-refractivity contribution in [3.63, 3.8) is 0 Å². The van der Waals surface area contributed by atoms with Gasteiger partial charge in [-0.3, -0.25) is 9.59 Å². The second kappa shape index (κ2) is 9.63. The molecule has 5 atom stereocenters. The summed E-state index contributed by atoms with van der Waals surface area (Å²) in [4.78, 5) is 23.3. The molecule has 144 valence electrons. The Kier molecular flexibility index (Phi) is 7.52. The average Bonchev–Trinajstić information content (AvgIpc) is 2.64. The van der Waals surface area contributed by atoms with Crippen LogP contribution in [-0.2, 0) is 30.4 Å². The molecule has 1 amide bonds. The normalized spacial score (nSPS) is 28.4. The number of aliphatic hydroxyl groups excluding tert-OH is 2. The van der Waals surface area contributed by atoms with Crippen LogP contribution in [0.15, 0.2) is 30.3 Å². The zero-order valence-electron chi connectivity index (χ0n) is 14.8. The number of hydrogen-bond acceptors (Lipinski definition) is 7. The number of carbonyl (C=O) groups is 2. The van der Waals surface area contributed by atoms with Crippen LogP contribution in [0.1, 0.15) is 25.8 Å². The van der Waals surface area contributed by atoms with Gasteiger partial charge in [0.05, 0.1) is 13.2 Å². The Balaban J connectivity index is 2.20. The summed E-state index contributed by atoms with van der Waals surface area (Å²) in [7, 11) is 0. The molecule has 0 unspecified atom stereocenters. The van der Waals surface area contributed by atoms with Crippen LogP contribution in [0.3, 0.4) is 0 Å². The molecule has 1 aliphatic heterocycles. The molecule has 8 heteroatoms. The van der Waals surface area contributed by atoms with Gasteiger partial charge >= 0.3 is 5.97 Å². The quantitative estimate of drug-likeness (QED) is 0.586. The topological polar surface area (TPSA) is 114 Å². The van der Waals surface area contributed by atoms with Gasteiger partial charge in [0.25, 0.3) is 0 Å². The number of ether oxygens (including phenoxy) is 3. The highest BCUT2D eigenvalue weighted by molar-refractivity contribution is 5.73. The summed E-state index contributed by atoms with van der Waals surface area (Å²) in [6, 6.07) is 8.41. The predicted octanol–water partition coefficient (Wildman–Crippen LogP) is 0.108. The minimum atomic E-state index is -1.30. The maximum Gasteiger partial charge on any atom is 0.305 e. The third-order valence-electron chi connectivity index (χ3n) is 4.04. The first-order valence-corrected chi connectivity index (χ1v) is 8.52. The highest BCUT2D eigenvalue weighted by atomic mass is 16.7. The molecule has 0 bridgehead atoms. The summed E-state index contributed by atoms with van der Waals surface area (Å²) >= 11 is 0. The van der Waals surface area contributed by atoms with Crippen molar-refractivity contribution in [2.45, 2.75) is 57.5 Å². The molecule has 1 aliphatic rings. The van der Waals surface area contributed by atoms with E-state index in [1.165, 1.54) is 6.92 Å². The molecule has 1 aromatic rings. The highest BCUT2D eigenvalue weighted by Gasteiger charge is 2.48. The van der Waals surface area contributed by atoms with Crippen molar-refractivity contribution in [1.29, 1.82) is 0 Å². The Bertz CT molecular complexity index is 594. The fourth-order valence-corrected chi connectivity index (χ4v) is 2.73. The smallest absolute Gasteiger partial charge is 0.305 e. The maximum absolute atomic E-state index is 11.7. The third-order valence-corrected chi connectivity index (χ3v) is 4.04. The highest BCUT2D eigenvalue weighted by Crippen LogP contribution is 2.25. The first-order chi connectivity index (χ1) is 12.5. The fraction of sp³-hybridized carbons (Fsp3) is 0.556. The number of benzene rings is 1. The summed E-state index contributed by atoms with van der Waals surface area (Å²) in [5.41, 5.74) is 0.881. The van der Waals surface area contributed by atoms with Crippen molar-refractivity contribution >= 4 is 11.9 Å². The number of nitrogens with one attached hydrogen (secondary N) is 1. The number of esters is 1. The van der Waals surface area contributed by atoms with Crippen molar-refractivity contribution < 1.29 is 34.0 Å². The van der Waals surface area contributed by atoms with Crippen LogP contribution >= 0.6 is 0 Å². The van der Waals surface area contributed by atoms with Crippen molar-refractivity contribution in [1.82, 2.24) is 5.32 Å². The van der Waals surface area contributed by atoms with Gasteiger partial charge in [0, 0.05) is 13.3 Å². The average molecular weight is 367 g/mol. The molecule has 0 aromatic heterocycles. The van der Waals surface area contributed by atoms with Crippen LogP contribution in [0.2, 0.25) is 0 Å². The molecule has 0 aliphatic carbocycles. The van der Waals surface area contributed by atoms with E-state index in [2.05, 4.69) is 5.32 Å². The van der Waals surface area contributed by atoms with Gasteiger partial charge in [-0.25, -0.2) is 0 Å². The van der Waals surface area contributed by atoms with Gasteiger partial charge in [-0.15, -0.1) is 0 Å². The van der Waals surface area contributed by atoms with Crippen LogP contribution < -0.4 is 5.32 Å². The van der Waals surface area contributed by atoms with Crippen LogP contribution in [-0.4, -0.2) is 59.3 Å². The molecule has 1 fully saturated rings. The van der Waals surface area contributed by atoms with Crippen molar-refractivity contribution in [3.8, 4) is 0 Å². The van der Waals surface area contributed by atoms with Crippen LogP contribution in [0.25, 0.3) is 0 Å². The molecule has 8 nitrogen and oxygen atoms in total. The molecule has 1 aromatic carbocycles. The van der Waals surface area contributed by atoms with E-state index < -0.39 is 43.2 Å². The summed E-state index contributed by atoms with van der Waals surface area (Å²) < 4.78 is 16.7. The maximum atomic E-state index is 11.7. The zero-order valence-corrected chi connectivity index (χ0v) is 14.8. The minimum Gasteiger partial charge on any atom is -0.457 e. The first kappa shape index (κ1) is 20.3. The Morgan fingerprint density at radius 2 is 1.96 bits per heavy atom. The number of carbonyl (C=O) groups excluding carboxylic acids is 2. The van der Waals surface area contributed by atoms with Gasteiger partial charge in [0.1, 0.15) is 18.2 Å². The Labute approximate surface area is 152 Å². The van der Waals surface area contributed by atoms with Crippen molar-refractivity contribution in [2.24, 2.45) is 0 Å². The van der Waals surface area contributed by atoms with E-state index in [4.69, 9.17) is 14.2 Å². The van der Waals surface area contributed by atoms with Crippen LogP contribution in [0.5, 0.6) is 0 Å². The van der Waals surface area contributed by atoms with Gasteiger partial charge in [-0.1, -0.05) is 37.3 Å². The van der Waals surface area contributed by atoms with Crippen LogP contribution in [0.4, 0.5) is 0 Å². The standard InChI is InChI=1S/C18H25NO7/c1-3-14(22)26-17-15(19-11(2)21)18(25-13(9-20)16(17)23)24-10-12-7-5-4-6-8-12/h4-8,13,15-18,20,23H,3,9-10H2,1-2H3,(H,19,21)/t13-,15-,16+,17+,18+/m0/s1. The fourth-order valence-electron chi connectivity index (χ4n) is 2.73. The SMILES string of the molecule is CCC(=O)O[C@H]1[C@H](O)[C@H](CO)O[C@@H](OCc2ccccc2)[C@H]1NC(C)=O. The Morgan fingerprint density at radius 1 is 1.27 bits per heavy atom. The third kappa shape index (κ3) is 5.25. The lowest BCUT2D eigenvalue weighted by Gasteiger charge is -2.43. The summed E-state index contributed by atoms with van der Waals surface area (Å²) in [5.74, 6) is -0.927. The lowest BCUT2D eigenvalue weighted by atomic mass is 9.96. The van der Waals surface area contributed by atoms with E-state index in [1.54, 1.807) is 6.92 Å². The van der Waals surface area contributed by atoms with Gasteiger partial charge in [0.2, 0.25) is 5.91 Å². The molecule has 0 saturated carbocycles. The van der Waals surface area contributed by atoms with E-state index in [9.17, 15) is 19.8 Å². The number of hydrogen-bond donors (Lipinski definition) is 3. The van der Waals surface area contributed by atoms with Gasteiger partial charge in [-0.05, 0) is 5.56 Å². The number of aliphatic hydroxyl groups is 2. The molecule has 0 radical (unpaired) electrons. The largest absolute Gasteiger partial charge is 0.457 e. The predicted molar refractivity (Wildman–Crippen MR) is 90.8 cm³/mol. The molecule has 1 heterocycles. The summed E-state index contributed by atoms with van der Waals surface area (Å²) in [5, 5.41) is 22.5. The molecule has 26 heavy (non-hydrogen) atoms. The van der Waals surface area contributed by atoms with E-state index in [0.717, 1.165) is 5.56 Å². The zero-order chi connectivity index (χ0) is 19.1. The van der Waals surface area contributed by atoms with Gasteiger partial charge < -0.3 is 29.7 Å². The second-order valence-corrected chi connectivity index (χ2v) is 6.05. The molecular weight excluding hydrogens is 342 g/mol. The molecule has 1 saturated heterocycles. The first-order valence-electron chi connectivity index (χ1n) is 8.52. The minimum absolute atomic E-state index is 0.107. The van der Waals surface area contributed by atoms with E-state index in [1.807, 2.05) is 30.3 Å². The molecular formula is C18H25NO7. The van der Waals surface area contributed by atoms with E-state index in [0.29, 0.717) is 0 Å². The van der Waals surface area contributed by atoms with E-state index in [-0.39, 0.29) is 18.9 Å². The van der Waals surface area contributed by atoms with Gasteiger partial charge in [-0.2, -0.15) is 0 Å². The van der Waals surface area contributed by atoms with Crippen molar-refractivity contribution in [3.05, 3.63) is 35.9 Å². The van der Waals surface area contributed by atoms with Crippen LogP contribution in [0, 0.1) is 0 Å². The Hall–Kier alpha value is -2.00. The van der Waals surface area contributed by atoms with E-state index >= 15 is 0 Å². The molecule has 0 spiro atoms. The number of rotatable bonds is 7. The lowest BCUT2D eigenvalue weighted by molar-refractivity contribution is -0.276. The number of amides is 1. The monoisotopic (exact) mass is 367 g/mol. The molecule has 2 rings (SSSR count). The van der Waals surface area contributed by atoms with Crippen molar-refractivity contribution in [2.75, 3.05) is 6.61 Å². The summed E-state index contributed by atoms with van der Waals surface area (Å²) in [6.45, 7) is 2.62. The summed E-state index contributed by atoms with van der Waals surface area (Å²) in [6.07, 6.45) is -4.30. The van der Waals surface area contributed by atoms with Gasteiger partial charge in [0.15, 0.2) is 12.4 Å². The lowest BCUT2D eigenvalue weighted by Crippen LogP contribution is -2.65.